The number of likely N-dealkylation sites (N-methyl/N-ethyl adjacent to an activating group) is 1. The van der Waals surface area contributed by atoms with Crippen LogP contribution in [0.5, 0.6) is 0 Å². The average molecular weight is 164 g/mol. The van der Waals surface area contributed by atoms with Crippen LogP contribution in [0.15, 0.2) is 24.4 Å². The van der Waals surface area contributed by atoms with Gasteiger partial charge < -0.3 is 9.47 Å². The molecule has 0 bridgehead atoms. The van der Waals surface area contributed by atoms with E-state index in [0.29, 0.717) is 0 Å². The first-order valence-electron chi connectivity index (χ1n) is 4.13. The van der Waals surface area contributed by atoms with Crippen molar-refractivity contribution in [3.8, 4) is 0 Å². The molecule has 1 aromatic heterocycles. The third kappa shape index (κ3) is 2.55. The lowest BCUT2D eigenvalue weighted by Gasteiger charge is -2.03. The highest BCUT2D eigenvalue weighted by molar-refractivity contribution is 5.45. The Morgan fingerprint density at radius 2 is 2.25 bits per heavy atom. The minimum absolute atomic E-state index is 0.991. The third-order valence-electron chi connectivity index (χ3n) is 1.74. The Bertz CT molecular complexity index is 259. The van der Waals surface area contributed by atoms with E-state index in [1.54, 1.807) is 0 Å². The first kappa shape index (κ1) is 9.07. The van der Waals surface area contributed by atoms with Gasteiger partial charge in [-0.15, -0.1) is 0 Å². The molecule has 1 rings (SSSR count). The number of hydrogen-bond donors (Lipinski definition) is 0. The van der Waals surface area contributed by atoms with Crippen LogP contribution in [0.1, 0.15) is 5.69 Å². The number of hydrogen-bond acceptors (Lipinski definition) is 1. The normalized spacial score (nSPS) is 11.7. The summed E-state index contributed by atoms with van der Waals surface area (Å²) >= 11 is 0. The Morgan fingerprint density at radius 3 is 2.75 bits per heavy atom. The molecule has 1 aromatic rings. The largest absolute Gasteiger partial charge is 0.351 e. The maximum atomic E-state index is 2.16. The first-order chi connectivity index (χ1) is 5.70. The number of aryl methyl sites for hydroxylation is 1. The zero-order valence-corrected chi connectivity index (χ0v) is 7.99. The molecule has 0 aliphatic carbocycles. The summed E-state index contributed by atoms with van der Waals surface area (Å²) in [5.41, 5.74) is 1.25. The van der Waals surface area contributed by atoms with E-state index >= 15 is 0 Å². The summed E-state index contributed by atoms with van der Waals surface area (Å²) in [4.78, 5) is 2.14. The van der Waals surface area contributed by atoms with Gasteiger partial charge in [-0.3, -0.25) is 0 Å². The van der Waals surface area contributed by atoms with Crippen LogP contribution in [0.3, 0.4) is 0 Å². The minimum Gasteiger partial charge on any atom is -0.351 e. The van der Waals surface area contributed by atoms with Crippen molar-refractivity contribution in [1.82, 2.24) is 9.47 Å². The molecule has 0 atom stereocenters. The predicted octanol–water partition coefficient (Wildman–Crippen LogP) is 1.60. The van der Waals surface area contributed by atoms with E-state index in [0.717, 1.165) is 6.54 Å². The molecule has 0 unspecified atom stereocenters. The Kier molecular flexibility index (Phi) is 3.11. The summed E-state index contributed by atoms with van der Waals surface area (Å²) in [6.07, 6.45) is 6.35. The van der Waals surface area contributed by atoms with Crippen LogP contribution in [0.4, 0.5) is 0 Å². The van der Waals surface area contributed by atoms with Crippen LogP contribution in [0, 0.1) is 0 Å². The third-order valence-corrected chi connectivity index (χ3v) is 1.74. The highest BCUT2D eigenvalue weighted by atomic mass is 15.0. The molecule has 0 spiro atoms. The Hall–Kier alpha value is -1.02. The first-order valence-corrected chi connectivity index (χ1v) is 4.13. The highest BCUT2D eigenvalue weighted by Gasteiger charge is 1.89. The molecule has 0 saturated heterocycles. The van der Waals surface area contributed by atoms with Gasteiger partial charge in [0.15, 0.2) is 0 Å². The summed E-state index contributed by atoms with van der Waals surface area (Å²) in [5.74, 6) is 0. The van der Waals surface area contributed by atoms with Gasteiger partial charge in [0.2, 0.25) is 0 Å². The second-order valence-electron chi connectivity index (χ2n) is 3.21. The van der Waals surface area contributed by atoms with Gasteiger partial charge in [0, 0.05) is 25.5 Å². The predicted molar refractivity (Wildman–Crippen MR) is 53.0 cm³/mol. The summed E-state index contributed by atoms with van der Waals surface area (Å²) in [7, 11) is 6.18. The maximum Gasteiger partial charge on any atom is 0.0401 e. The Morgan fingerprint density at radius 1 is 1.50 bits per heavy atom. The van der Waals surface area contributed by atoms with Gasteiger partial charge in [0.25, 0.3) is 0 Å². The molecular formula is C10H16N2. The molecular weight excluding hydrogens is 148 g/mol. The van der Waals surface area contributed by atoms with Crippen molar-refractivity contribution < 1.29 is 0 Å². The molecule has 0 saturated carbocycles. The molecule has 12 heavy (non-hydrogen) atoms. The van der Waals surface area contributed by atoms with E-state index < -0.39 is 0 Å². The van der Waals surface area contributed by atoms with Crippen LogP contribution in [-0.4, -0.2) is 30.1 Å². The van der Waals surface area contributed by atoms with Crippen LogP contribution >= 0.6 is 0 Å². The van der Waals surface area contributed by atoms with E-state index in [2.05, 4.69) is 61.1 Å². The van der Waals surface area contributed by atoms with E-state index in [1.807, 2.05) is 0 Å². The number of aromatic nitrogens is 1. The summed E-state index contributed by atoms with van der Waals surface area (Å²) in [5, 5.41) is 0. The van der Waals surface area contributed by atoms with Gasteiger partial charge in [-0.25, -0.2) is 0 Å². The van der Waals surface area contributed by atoms with E-state index in [1.165, 1.54) is 5.69 Å². The zero-order valence-electron chi connectivity index (χ0n) is 7.99. The molecule has 1 heterocycles. The molecule has 66 valence electrons. The molecule has 0 N–H and O–H groups in total. The van der Waals surface area contributed by atoms with E-state index in [9.17, 15) is 0 Å². The van der Waals surface area contributed by atoms with Crippen molar-refractivity contribution in [2.75, 3.05) is 20.6 Å². The van der Waals surface area contributed by atoms with Crippen molar-refractivity contribution in [1.29, 1.82) is 0 Å². The van der Waals surface area contributed by atoms with E-state index in [-0.39, 0.29) is 0 Å². The number of rotatable bonds is 3. The molecule has 0 amide bonds. The topological polar surface area (TPSA) is 8.17 Å². The lowest BCUT2D eigenvalue weighted by molar-refractivity contribution is 0.457. The van der Waals surface area contributed by atoms with Gasteiger partial charge in [0.1, 0.15) is 0 Å². The van der Waals surface area contributed by atoms with Crippen LogP contribution < -0.4 is 0 Å². The second-order valence-corrected chi connectivity index (χ2v) is 3.21. The fourth-order valence-corrected chi connectivity index (χ4v) is 1.03. The highest BCUT2D eigenvalue weighted by Crippen LogP contribution is 2.01. The Labute approximate surface area is 74.1 Å². The summed E-state index contributed by atoms with van der Waals surface area (Å²) in [6.45, 7) is 0.991. The number of nitrogens with zero attached hydrogens (tertiary/aromatic N) is 2. The van der Waals surface area contributed by atoms with Gasteiger partial charge >= 0.3 is 0 Å². The van der Waals surface area contributed by atoms with Crippen molar-refractivity contribution in [3.05, 3.63) is 30.1 Å². The lowest BCUT2D eigenvalue weighted by Crippen LogP contribution is -2.10. The SMILES string of the molecule is CN(C)C/C=C/c1cccn1C. The Balaban J connectivity index is 2.52. The lowest BCUT2D eigenvalue weighted by atomic mass is 10.3. The maximum absolute atomic E-state index is 2.16. The fraction of sp³-hybridized carbons (Fsp3) is 0.400. The molecule has 0 aliphatic rings. The molecule has 0 radical (unpaired) electrons. The van der Waals surface area contributed by atoms with Crippen LogP contribution in [-0.2, 0) is 7.05 Å². The molecule has 0 fully saturated rings. The zero-order chi connectivity index (χ0) is 8.97. The van der Waals surface area contributed by atoms with Gasteiger partial charge in [0.05, 0.1) is 0 Å². The molecule has 0 aromatic carbocycles. The molecule has 0 aliphatic heterocycles. The summed E-state index contributed by atoms with van der Waals surface area (Å²) < 4.78 is 2.10. The minimum atomic E-state index is 0.991. The monoisotopic (exact) mass is 164 g/mol. The molecule has 2 heteroatoms. The average Bonchev–Trinajstić information content (AvgIpc) is 2.36. The summed E-state index contributed by atoms with van der Waals surface area (Å²) in [6, 6.07) is 4.15. The van der Waals surface area contributed by atoms with Crippen molar-refractivity contribution in [2.24, 2.45) is 7.05 Å². The van der Waals surface area contributed by atoms with Gasteiger partial charge in [-0.2, -0.15) is 0 Å². The smallest absolute Gasteiger partial charge is 0.0401 e. The standard InChI is InChI=1S/C10H16N2/c1-11(2)8-4-6-10-7-5-9-12(10)3/h4-7,9H,8H2,1-3H3/b6-4+. The van der Waals surface area contributed by atoms with Gasteiger partial charge in [-0.1, -0.05) is 6.08 Å². The second kappa shape index (κ2) is 4.12. The van der Waals surface area contributed by atoms with Crippen molar-refractivity contribution >= 4 is 6.08 Å². The quantitative estimate of drug-likeness (QED) is 0.658. The molecule has 2 nitrogen and oxygen atoms in total. The van der Waals surface area contributed by atoms with Gasteiger partial charge in [-0.05, 0) is 32.3 Å². The van der Waals surface area contributed by atoms with Crippen molar-refractivity contribution in [2.45, 2.75) is 0 Å². The van der Waals surface area contributed by atoms with E-state index in [4.69, 9.17) is 0 Å². The van der Waals surface area contributed by atoms with Crippen LogP contribution in [0.25, 0.3) is 6.08 Å². The fourth-order valence-electron chi connectivity index (χ4n) is 1.03. The van der Waals surface area contributed by atoms with Crippen LogP contribution in [0.2, 0.25) is 0 Å². The van der Waals surface area contributed by atoms with Crippen molar-refractivity contribution in [3.63, 3.8) is 0 Å².